The van der Waals surface area contributed by atoms with Crippen LogP contribution in [0, 0.1) is 0 Å². The predicted molar refractivity (Wildman–Crippen MR) is 60.6 cm³/mol. The number of thiophene rings is 1. The highest BCUT2D eigenvalue weighted by atomic mass is 32.1. The van der Waals surface area contributed by atoms with Gasteiger partial charge in [0.2, 0.25) is 0 Å². The lowest BCUT2D eigenvalue weighted by molar-refractivity contribution is -0.746. The number of rotatable bonds is 3. The molecular weight excluding hydrogens is 242 g/mol. The van der Waals surface area contributed by atoms with Gasteiger partial charge < -0.3 is 4.90 Å². The highest BCUT2D eigenvalue weighted by Crippen LogP contribution is 2.09. The van der Waals surface area contributed by atoms with Gasteiger partial charge >= 0.3 is 11.3 Å². The first-order chi connectivity index (χ1) is 8.09. The maximum absolute atomic E-state index is 11.9. The molecule has 0 aliphatic heterocycles. The van der Waals surface area contributed by atoms with Gasteiger partial charge in [0.15, 0.2) is 7.05 Å². The molecule has 6 nitrogen and oxygen atoms in total. The molecule has 0 bridgehead atoms. The molecule has 1 N–H and O–H groups in total. The Morgan fingerprint density at radius 3 is 2.94 bits per heavy atom. The van der Waals surface area contributed by atoms with Crippen molar-refractivity contribution in [1.29, 1.82) is 0 Å². The van der Waals surface area contributed by atoms with Crippen molar-refractivity contribution in [2.24, 2.45) is 7.05 Å². The van der Waals surface area contributed by atoms with E-state index in [1.54, 1.807) is 25.5 Å². The average Bonchev–Trinajstić information content (AvgIpc) is 2.93. The van der Waals surface area contributed by atoms with Crippen molar-refractivity contribution in [2.75, 3.05) is 7.05 Å². The second-order valence-electron chi connectivity index (χ2n) is 3.66. The third kappa shape index (κ3) is 2.28. The molecule has 0 atom stereocenters. The van der Waals surface area contributed by atoms with Crippen LogP contribution in [0.1, 0.15) is 16.1 Å². The summed E-state index contributed by atoms with van der Waals surface area (Å²) in [5.74, 6) is -0.119. The number of hydrogen-bond donors (Lipinski definition) is 1. The van der Waals surface area contributed by atoms with Crippen LogP contribution < -0.4 is 10.3 Å². The number of hydrogen-bond acceptors (Lipinski definition) is 4. The van der Waals surface area contributed by atoms with Crippen molar-refractivity contribution >= 4 is 17.2 Å². The van der Waals surface area contributed by atoms with Crippen LogP contribution >= 0.6 is 11.3 Å². The topological polar surface area (TPSA) is 70.2 Å². The number of carbonyl (C=O) groups is 1. The Bertz CT molecular complexity index is 570. The second-order valence-corrected chi connectivity index (χ2v) is 4.44. The largest absolute Gasteiger partial charge is 0.431 e. The quantitative estimate of drug-likeness (QED) is 0.791. The van der Waals surface area contributed by atoms with Gasteiger partial charge in [0, 0.05) is 12.4 Å². The molecule has 90 valence electrons. The van der Waals surface area contributed by atoms with E-state index in [-0.39, 0.29) is 12.5 Å². The number of aryl methyl sites for hydroxylation is 1. The first kappa shape index (κ1) is 11.6. The lowest BCUT2D eigenvalue weighted by Gasteiger charge is -2.12. The summed E-state index contributed by atoms with van der Waals surface area (Å²) < 4.78 is 6.07. The summed E-state index contributed by atoms with van der Waals surface area (Å²) in [6.45, 7) is 0.205. The average molecular weight is 254 g/mol. The zero-order valence-corrected chi connectivity index (χ0v) is 10.3. The van der Waals surface area contributed by atoms with Crippen molar-refractivity contribution < 1.29 is 14.0 Å². The van der Waals surface area contributed by atoms with E-state index in [2.05, 4.69) is 9.79 Å². The lowest BCUT2D eigenvalue weighted by atomic mass is 10.3. The number of H-pyrrole nitrogens is 1. The van der Waals surface area contributed by atoms with E-state index < -0.39 is 5.63 Å². The molecule has 0 aromatic carbocycles. The summed E-state index contributed by atoms with van der Waals surface area (Å²) >= 11 is 1.46. The van der Waals surface area contributed by atoms with Crippen LogP contribution in [-0.4, -0.2) is 23.1 Å². The Hall–Kier alpha value is -1.89. The summed E-state index contributed by atoms with van der Waals surface area (Å²) in [5.41, 5.74) is 0.564. The van der Waals surface area contributed by atoms with Crippen molar-refractivity contribution in [3.05, 3.63) is 38.5 Å². The van der Waals surface area contributed by atoms with E-state index in [0.717, 1.165) is 0 Å². The molecule has 0 fully saturated rings. The van der Waals surface area contributed by atoms with Crippen molar-refractivity contribution in [1.82, 2.24) is 10.2 Å². The molecule has 17 heavy (non-hydrogen) atoms. The Kier molecular flexibility index (Phi) is 3.10. The highest BCUT2D eigenvalue weighted by Gasteiger charge is 2.22. The molecule has 2 aromatic heterocycles. The van der Waals surface area contributed by atoms with Crippen molar-refractivity contribution in [3.8, 4) is 0 Å². The van der Waals surface area contributed by atoms with E-state index in [9.17, 15) is 9.59 Å². The molecule has 0 radical (unpaired) electrons. The first-order valence-corrected chi connectivity index (χ1v) is 5.88. The summed E-state index contributed by atoms with van der Waals surface area (Å²) in [6.07, 6.45) is 0. The van der Waals surface area contributed by atoms with Gasteiger partial charge in [0.1, 0.15) is 6.54 Å². The smallest absolute Gasteiger partial charge is 0.331 e. The number of aromatic nitrogens is 2. The van der Waals surface area contributed by atoms with E-state index >= 15 is 0 Å². The van der Waals surface area contributed by atoms with Crippen LogP contribution in [0.3, 0.4) is 0 Å². The van der Waals surface area contributed by atoms with Gasteiger partial charge in [0.25, 0.3) is 5.91 Å². The monoisotopic (exact) mass is 254 g/mol. The van der Waals surface area contributed by atoms with Gasteiger partial charge in [-0.2, -0.15) is 11.3 Å². The van der Waals surface area contributed by atoms with Gasteiger partial charge in [-0.25, -0.2) is 4.79 Å². The molecule has 7 heteroatoms. The van der Waals surface area contributed by atoms with Crippen molar-refractivity contribution in [2.45, 2.75) is 6.54 Å². The molecule has 0 saturated heterocycles. The first-order valence-electron chi connectivity index (χ1n) is 4.93. The molecule has 0 aliphatic rings. The van der Waals surface area contributed by atoms with E-state index in [0.29, 0.717) is 11.3 Å². The van der Waals surface area contributed by atoms with Crippen LogP contribution in [0.4, 0.5) is 0 Å². The highest BCUT2D eigenvalue weighted by molar-refractivity contribution is 7.08. The molecule has 0 unspecified atom stereocenters. The summed E-state index contributed by atoms with van der Waals surface area (Å²) in [6, 6.07) is 1.75. The van der Waals surface area contributed by atoms with Gasteiger partial charge in [-0.05, 0) is 16.7 Å². The molecular formula is C10H12N3O3S+. The summed E-state index contributed by atoms with van der Waals surface area (Å²) in [7, 11) is 3.30. The predicted octanol–water partition coefficient (Wildman–Crippen LogP) is 0.126. The third-order valence-electron chi connectivity index (χ3n) is 2.42. The van der Waals surface area contributed by atoms with Crippen LogP contribution in [0.5, 0.6) is 0 Å². The number of nitrogens with zero attached hydrogens (tertiary/aromatic N) is 2. The Morgan fingerprint density at radius 1 is 1.65 bits per heavy atom. The van der Waals surface area contributed by atoms with Crippen molar-refractivity contribution in [3.63, 3.8) is 0 Å². The molecule has 0 spiro atoms. The Labute approximate surface area is 101 Å². The van der Waals surface area contributed by atoms with Crippen LogP contribution in [0.2, 0.25) is 0 Å². The van der Waals surface area contributed by atoms with E-state index in [1.807, 2.05) is 5.38 Å². The zero-order chi connectivity index (χ0) is 12.4. The fraction of sp³-hybridized carbons (Fsp3) is 0.300. The van der Waals surface area contributed by atoms with Crippen LogP contribution in [0.25, 0.3) is 0 Å². The lowest BCUT2D eigenvalue weighted by Crippen LogP contribution is -2.40. The number of amides is 1. The standard InChI is InChI=1S/C10H11N3O3S/c1-12(9(14)7-3-4-17-6-7)5-8-10(15)16-11-13(8)2/h3-4,6H,5H2,1-2H3/p+1. The number of nitrogens with one attached hydrogen (secondary N) is 1. The minimum absolute atomic E-state index is 0.119. The third-order valence-corrected chi connectivity index (χ3v) is 3.10. The zero-order valence-electron chi connectivity index (χ0n) is 9.47. The fourth-order valence-electron chi connectivity index (χ4n) is 1.43. The number of carbonyl (C=O) groups excluding carboxylic acids is 1. The Morgan fingerprint density at radius 2 is 2.41 bits per heavy atom. The maximum atomic E-state index is 11.9. The van der Waals surface area contributed by atoms with Crippen LogP contribution in [-0.2, 0) is 13.6 Å². The molecule has 0 saturated carbocycles. The summed E-state index contributed by atoms with van der Waals surface area (Å²) in [5, 5.41) is 6.02. The maximum Gasteiger partial charge on any atom is 0.431 e. The normalized spacial score (nSPS) is 10.5. The SMILES string of the molecule is CN(Cc1c(=O)o[nH][n+]1C)C(=O)c1ccsc1. The Balaban J connectivity index is 2.15. The van der Waals surface area contributed by atoms with Crippen LogP contribution in [0.15, 0.2) is 26.1 Å². The van der Waals surface area contributed by atoms with E-state index in [1.165, 1.54) is 20.9 Å². The van der Waals surface area contributed by atoms with Gasteiger partial charge in [0.05, 0.1) is 5.56 Å². The van der Waals surface area contributed by atoms with Gasteiger partial charge in [-0.3, -0.25) is 9.32 Å². The molecule has 2 heterocycles. The fourth-order valence-corrected chi connectivity index (χ4v) is 2.06. The minimum Gasteiger partial charge on any atom is -0.331 e. The molecule has 2 aromatic rings. The van der Waals surface area contributed by atoms with Gasteiger partial charge in [-0.15, -0.1) is 0 Å². The summed E-state index contributed by atoms with van der Waals surface area (Å²) in [4.78, 5) is 24.7. The van der Waals surface area contributed by atoms with E-state index in [4.69, 9.17) is 0 Å². The molecule has 0 aliphatic carbocycles. The molecule has 2 rings (SSSR count). The van der Waals surface area contributed by atoms with Gasteiger partial charge in [-0.1, -0.05) is 4.68 Å². The molecule has 1 amide bonds. The minimum atomic E-state index is -0.461. The number of aromatic amines is 1. The second kappa shape index (κ2) is 4.54.